The van der Waals surface area contributed by atoms with Gasteiger partial charge in [-0.15, -0.1) is 0 Å². The molecule has 50 heavy (non-hydrogen) atoms. The Morgan fingerprint density at radius 3 is 1.50 bits per heavy atom. The van der Waals surface area contributed by atoms with Gasteiger partial charge in [0.1, 0.15) is 24.8 Å². The summed E-state index contributed by atoms with van der Waals surface area (Å²) in [5, 5.41) is 18.4. The first-order chi connectivity index (χ1) is 24.3. The van der Waals surface area contributed by atoms with Crippen LogP contribution in [0.15, 0.2) is 95.2 Å². The molecule has 0 fully saturated rings. The second-order valence-electron chi connectivity index (χ2n) is 12.3. The number of nitrogens with one attached hydrogen (secondary N) is 2. The molecule has 2 aliphatic rings. The molecule has 0 amide bonds. The number of hydrogen-bond donors (Lipinski definition) is 2. The Labute approximate surface area is 291 Å². The summed E-state index contributed by atoms with van der Waals surface area (Å²) in [6, 6.07) is 19.3. The third-order valence-electron chi connectivity index (χ3n) is 8.05. The van der Waals surface area contributed by atoms with Gasteiger partial charge in [0.25, 0.3) is 0 Å². The second kappa shape index (κ2) is 15.5. The second-order valence-corrected chi connectivity index (χ2v) is 12.3. The van der Waals surface area contributed by atoms with Crippen molar-refractivity contribution in [3.05, 3.63) is 85.2 Å². The lowest BCUT2D eigenvalue weighted by Gasteiger charge is -2.26. The van der Waals surface area contributed by atoms with Crippen molar-refractivity contribution in [3.63, 3.8) is 0 Å². The Bertz CT molecular complexity index is 1770. The number of hydroxylamine groups is 2. The van der Waals surface area contributed by atoms with Gasteiger partial charge in [0.15, 0.2) is 0 Å². The van der Waals surface area contributed by atoms with Crippen molar-refractivity contribution in [3.8, 4) is 22.5 Å². The number of aromatic nitrogens is 4. The van der Waals surface area contributed by atoms with Crippen LogP contribution >= 0.6 is 0 Å². The third-order valence-corrected chi connectivity index (χ3v) is 8.05. The zero-order valence-electron chi connectivity index (χ0n) is 28.7. The molecule has 0 aliphatic carbocycles. The van der Waals surface area contributed by atoms with E-state index in [0.29, 0.717) is 49.2 Å². The predicted octanol–water partition coefficient (Wildman–Crippen LogP) is 4.36. The number of hydrogen-bond acceptors (Lipinski definition) is 12. The summed E-state index contributed by atoms with van der Waals surface area (Å²) in [4.78, 5) is 47.4. The van der Waals surface area contributed by atoms with Crippen molar-refractivity contribution in [1.82, 2.24) is 30.2 Å². The lowest BCUT2D eigenvalue weighted by molar-refractivity contribution is -0.141. The van der Waals surface area contributed by atoms with E-state index in [1.165, 1.54) is 10.1 Å². The monoisotopic (exact) mass is 678 g/mol. The van der Waals surface area contributed by atoms with Gasteiger partial charge in [-0.2, -0.15) is 20.3 Å². The Morgan fingerprint density at radius 2 is 1.12 bits per heavy atom. The number of carbonyl (C=O) groups excluding carboxylic acids is 2. The van der Waals surface area contributed by atoms with E-state index >= 15 is 0 Å². The van der Waals surface area contributed by atoms with Gasteiger partial charge in [-0.05, 0) is 52.0 Å². The van der Waals surface area contributed by atoms with Crippen molar-refractivity contribution in [2.24, 2.45) is 9.98 Å². The van der Waals surface area contributed by atoms with Crippen LogP contribution in [0.3, 0.4) is 0 Å². The maximum atomic E-state index is 13.3. The van der Waals surface area contributed by atoms with Gasteiger partial charge in [-0.25, -0.2) is 9.59 Å². The van der Waals surface area contributed by atoms with Crippen molar-refractivity contribution in [2.75, 3.05) is 49.4 Å². The fourth-order valence-corrected chi connectivity index (χ4v) is 5.82. The number of nitrogens with zero attached hydrogens (tertiary/aromatic N) is 8. The highest BCUT2D eigenvalue weighted by atomic mass is 16.7. The summed E-state index contributed by atoms with van der Waals surface area (Å²) in [5.41, 5.74) is 4.67. The van der Waals surface area contributed by atoms with Crippen molar-refractivity contribution in [1.29, 1.82) is 0 Å². The Hall–Kier alpha value is -5.92. The molecule has 2 N–H and O–H groups in total. The molecule has 0 unspecified atom stereocenters. The van der Waals surface area contributed by atoms with Gasteiger partial charge in [0.05, 0.1) is 35.9 Å². The number of aliphatic imine (C=N–C) groups is 2. The molecule has 0 bridgehead atoms. The molecule has 0 saturated carbocycles. The third kappa shape index (κ3) is 7.86. The van der Waals surface area contributed by atoms with E-state index in [-0.39, 0.29) is 25.2 Å². The van der Waals surface area contributed by atoms with Crippen molar-refractivity contribution >= 4 is 35.0 Å². The molecular formula is C36H42N10O4. The molecule has 4 aromatic rings. The molecule has 4 heterocycles. The molecule has 2 aliphatic heterocycles. The predicted molar refractivity (Wildman–Crippen MR) is 193 cm³/mol. The smallest absolute Gasteiger partial charge is 0.356 e. The van der Waals surface area contributed by atoms with E-state index in [0.717, 1.165) is 34.7 Å². The van der Waals surface area contributed by atoms with Crippen molar-refractivity contribution < 1.29 is 19.3 Å². The molecular weight excluding hydrogens is 636 g/mol. The fourth-order valence-electron chi connectivity index (χ4n) is 5.82. The van der Waals surface area contributed by atoms with E-state index < -0.39 is 11.9 Å². The van der Waals surface area contributed by atoms with Crippen molar-refractivity contribution in [2.45, 2.75) is 39.8 Å². The van der Waals surface area contributed by atoms with Gasteiger partial charge in [-0.3, -0.25) is 19.3 Å². The highest BCUT2D eigenvalue weighted by Gasteiger charge is 2.24. The fraction of sp³-hybridized carbons (Fsp3) is 0.333. The van der Waals surface area contributed by atoms with Gasteiger partial charge < -0.3 is 20.3 Å². The van der Waals surface area contributed by atoms with Gasteiger partial charge >= 0.3 is 11.9 Å². The molecule has 14 heteroatoms. The average molecular weight is 679 g/mol. The molecule has 0 spiro atoms. The first-order valence-corrected chi connectivity index (χ1v) is 16.8. The zero-order valence-corrected chi connectivity index (χ0v) is 28.7. The van der Waals surface area contributed by atoms with Gasteiger partial charge in [0, 0.05) is 60.8 Å². The molecule has 14 nitrogen and oxygen atoms in total. The lowest BCUT2D eigenvalue weighted by Crippen LogP contribution is -2.37. The topological polar surface area (TPSA) is 144 Å². The molecule has 6 rings (SSSR count). The quantitative estimate of drug-likeness (QED) is 0.146. The highest BCUT2D eigenvalue weighted by molar-refractivity contribution is 5.95. The Morgan fingerprint density at radius 1 is 0.700 bits per heavy atom. The van der Waals surface area contributed by atoms with Gasteiger partial charge in [-0.1, -0.05) is 36.4 Å². The lowest BCUT2D eigenvalue weighted by atomic mass is 10.1. The first kappa shape index (κ1) is 34.0. The summed E-state index contributed by atoms with van der Waals surface area (Å²) in [5.74, 6) is -0.153. The number of rotatable bonds is 14. The Balaban J connectivity index is 1.23. The van der Waals surface area contributed by atoms with E-state index in [9.17, 15) is 9.59 Å². The first-order valence-electron chi connectivity index (χ1n) is 16.8. The maximum absolute atomic E-state index is 13.3. The summed E-state index contributed by atoms with van der Waals surface area (Å²) >= 11 is 0. The number of anilines is 2. The summed E-state index contributed by atoms with van der Waals surface area (Å²) in [6.45, 7) is 11.2. The average Bonchev–Trinajstić information content (AvgIpc) is 3.95. The number of amidine groups is 2. The van der Waals surface area contributed by atoms with Crippen LogP contribution in [0.4, 0.5) is 11.4 Å². The van der Waals surface area contributed by atoms with E-state index in [1.54, 1.807) is 12.4 Å². The van der Waals surface area contributed by atoms with Crippen LogP contribution in [0, 0.1) is 0 Å². The highest BCUT2D eigenvalue weighted by Crippen LogP contribution is 2.34. The number of carbonyl (C=O) groups is 2. The maximum Gasteiger partial charge on any atom is 0.356 e. The molecule has 2 aromatic heterocycles. The minimum atomic E-state index is -0.762. The van der Waals surface area contributed by atoms with Crippen LogP contribution in [0.5, 0.6) is 0 Å². The summed E-state index contributed by atoms with van der Waals surface area (Å²) < 4.78 is 3.82. The van der Waals surface area contributed by atoms with Crippen LogP contribution in [0.2, 0.25) is 0 Å². The van der Waals surface area contributed by atoms with E-state index in [1.807, 2.05) is 70.0 Å². The minimum absolute atomic E-state index is 0.110. The van der Waals surface area contributed by atoms with Crippen LogP contribution in [0.25, 0.3) is 22.5 Å². The summed E-state index contributed by atoms with van der Waals surface area (Å²) in [6.07, 6.45) is 5.61. The van der Waals surface area contributed by atoms with Crippen LogP contribution in [-0.4, -0.2) is 82.4 Å². The SMILES string of the molecule is CC(C)n1nccc1-c1ccccc1N(CC1=NCCN1)OC(=O)/C=C/C(=O)ON(CC1=NCCN1)c1ccccc1-c1ccnn1C(C)C. The molecule has 260 valence electrons. The minimum Gasteiger partial charge on any atom is -0.370 e. The summed E-state index contributed by atoms with van der Waals surface area (Å²) in [7, 11) is 0. The normalized spacial score (nSPS) is 14.0. The molecule has 0 radical (unpaired) electrons. The zero-order chi connectivity index (χ0) is 35.0. The van der Waals surface area contributed by atoms with Gasteiger partial charge in [0.2, 0.25) is 0 Å². The van der Waals surface area contributed by atoms with E-state index in [4.69, 9.17) is 9.68 Å². The standard InChI is InChI=1S/C36H42N10O4/c1-25(2)45-31(15-17-41-45)27-9-5-7-11-29(27)43(23-33-37-19-20-38-33)49-35(47)13-14-36(48)50-44(24-34-39-21-22-40-34)30-12-8-6-10-28(30)32-16-18-42-46(32)26(3)4/h5-18,25-26H,19-24H2,1-4H3,(H,37,38)(H,39,40)/b14-13+. The van der Waals surface area contributed by atoms with Crippen LogP contribution in [-0.2, 0) is 19.3 Å². The molecule has 0 saturated heterocycles. The number of para-hydroxylation sites is 2. The Kier molecular flexibility index (Phi) is 10.6. The molecule has 0 atom stereocenters. The van der Waals surface area contributed by atoms with E-state index in [2.05, 4.69) is 58.5 Å². The largest absolute Gasteiger partial charge is 0.370 e. The van der Waals surface area contributed by atoms with Crippen LogP contribution in [0.1, 0.15) is 39.8 Å². The van der Waals surface area contributed by atoms with Crippen LogP contribution < -0.4 is 20.8 Å². The number of benzene rings is 2. The molecule has 2 aromatic carbocycles.